The lowest BCUT2D eigenvalue weighted by molar-refractivity contribution is 0.595. The van der Waals surface area contributed by atoms with Crippen molar-refractivity contribution in [3.05, 3.63) is 48.0 Å². The first-order valence-electron chi connectivity index (χ1n) is 10.3. The zero-order valence-electron chi connectivity index (χ0n) is 16.0. The number of rotatable bonds is 16. The fourth-order valence-corrected chi connectivity index (χ4v) is 3.06. The first-order valence-corrected chi connectivity index (χ1v) is 10.3. The van der Waals surface area contributed by atoms with E-state index < -0.39 is 0 Å². The molecule has 24 heavy (non-hydrogen) atoms. The van der Waals surface area contributed by atoms with E-state index in [9.17, 15) is 0 Å². The Hall–Kier alpha value is -1.08. The van der Waals surface area contributed by atoms with Crippen LogP contribution in [0.4, 0.5) is 0 Å². The van der Waals surface area contributed by atoms with Crippen LogP contribution in [0.1, 0.15) is 88.7 Å². The predicted molar refractivity (Wildman–Crippen MR) is 109 cm³/mol. The van der Waals surface area contributed by atoms with E-state index in [1.165, 1.54) is 88.2 Å². The molecule has 0 aliphatic rings. The van der Waals surface area contributed by atoms with Gasteiger partial charge in [0.1, 0.15) is 0 Å². The Labute approximate surface area is 150 Å². The third kappa shape index (κ3) is 11.5. The molecule has 1 nitrogen and oxygen atoms in total. The molecule has 1 heteroatoms. The summed E-state index contributed by atoms with van der Waals surface area (Å²) in [5, 5.41) is 3.55. The third-order valence-corrected chi connectivity index (χ3v) is 4.68. The number of hydrogen-bond donors (Lipinski definition) is 1. The Morgan fingerprint density at radius 3 is 2.12 bits per heavy atom. The van der Waals surface area contributed by atoms with Crippen LogP contribution in [0.15, 0.2) is 36.9 Å². The van der Waals surface area contributed by atoms with Crippen LogP contribution < -0.4 is 5.32 Å². The molecule has 1 rings (SSSR count). The van der Waals surface area contributed by atoms with Crippen molar-refractivity contribution in [3.8, 4) is 0 Å². The largest absolute Gasteiger partial charge is 0.313 e. The maximum absolute atomic E-state index is 3.78. The molecule has 0 amide bonds. The van der Waals surface area contributed by atoms with Crippen LogP contribution in [0.25, 0.3) is 0 Å². The lowest BCUT2D eigenvalue weighted by Crippen LogP contribution is -2.14. The summed E-state index contributed by atoms with van der Waals surface area (Å²) in [6.45, 7) is 8.20. The van der Waals surface area contributed by atoms with Crippen molar-refractivity contribution in [1.29, 1.82) is 0 Å². The van der Waals surface area contributed by atoms with Gasteiger partial charge in [0.05, 0.1) is 0 Å². The van der Waals surface area contributed by atoms with Gasteiger partial charge in [-0.25, -0.2) is 0 Å². The van der Waals surface area contributed by atoms with Crippen LogP contribution in [0.5, 0.6) is 0 Å². The van der Waals surface area contributed by atoms with E-state index in [0.29, 0.717) is 0 Å². The van der Waals surface area contributed by atoms with Gasteiger partial charge in [0.25, 0.3) is 0 Å². The minimum atomic E-state index is 1.01. The van der Waals surface area contributed by atoms with Crippen molar-refractivity contribution in [1.82, 2.24) is 5.32 Å². The van der Waals surface area contributed by atoms with Crippen molar-refractivity contribution >= 4 is 0 Å². The molecule has 0 fully saturated rings. The summed E-state index contributed by atoms with van der Waals surface area (Å²) in [5.41, 5.74) is 2.91. The van der Waals surface area contributed by atoms with Crippen molar-refractivity contribution < 1.29 is 0 Å². The lowest BCUT2D eigenvalue weighted by Gasteiger charge is -2.07. The first kappa shape index (κ1) is 21.0. The molecule has 0 radical (unpaired) electrons. The molecule has 1 aromatic carbocycles. The number of allylic oxidation sites excluding steroid dienone is 1. The molecule has 1 aromatic rings. The molecule has 0 saturated carbocycles. The highest BCUT2D eigenvalue weighted by atomic mass is 14.8. The molecule has 0 aliphatic carbocycles. The molecular weight excluding hydrogens is 290 g/mol. The van der Waals surface area contributed by atoms with E-state index in [-0.39, 0.29) is 0 Å². The lowest BCUT2D eigenvalue weighted by atomic mass is 10.0. The zero-order valence-corrected chi connectivity index (χ0v) is 16.0. The predicted octanol–water partition coefficient (Wildman–Crippen LogP) is 6.82. The summed E-state index contributed by atoms with van der Waals surface area (Å²) < 4.78 is 0. The summed E-state index contributed by atoms with van der Waals surface area (Å²) in [6.07, 6.45) is 17.9. The summed E-state index contributed by atoms with van der Waals surface area (Å²) >= 11 is 0. The molecular formula is C23H39N. The summed E-state index contributed by atoms with van der Waals surface area (Å²) in [4.78, 5) is 0. The number of benzene rings is 1. The van der Waals surface area contributed by atoms with Gasteiger partial charge in [-0.05, 0) is 49.8 Å². The standard InChI is InChI=1S/C23H39N/c1-3-5-7-9-10-11-12-13-15-22-16-18-23(19-17-22)21-24-20-14-8-6-4-2/h3,16-19,24H,1,4-15,20-21H2,2H3. The molecule has 0 heterocycles. The van der Waals surface area contributed by atoms with Crippen molar-refractivity contribution in [2.45, 2.75) is 90.5 Å². The van der Waals surface area contributed by atoms with Gasteiger partial charge in [-0.3, -0.25) is 0 Å². The van der Waals surface area contributed by atoms with E-state index in [1.807, 2.05) is 6.08 Å². The number of nitrogens with one attached hydrogen (secondary N) is 1. The summed E-state index contributed by atoms with van der Waals surface area (Å²) in [5.74, 6) is 0. The quantitative estimate of drug-likeness (QED) is 0.259. The van der Waals surface area contributed by atoms with Crippen LogP contribution in [0.2, 0.25) is 0 Å². The first-order chi connectivity index (χ1) is 11.9. The van der Waals surface area contributed by atoms with Crippen LogP contribution >= 0.6 is 0 Å². The van der Waals surface area contributed by atoms with Gasteiger partial charge >= 0.3 is 0 Å². The van der Waals surface area contributed by atoms with E-state index >= 15 is 0 Å². The van der Waals surface area contributed by atoms with Crippen molar-refractivity contribution in [3.63, 3.8) is 0 Å². The molecule has 0 unspecified atom stereocenters. The van der Waals surface area contributed by atoms with E-state index in [4.69, 9.17) is 0 Å². The maximum atomic E-state index is 3.78. The van der Waals surface area contributed by atoms with Gasteiger partial charge in [-0.15, -0.1) is 6.58 Å². The Balaban J connectivity index is 2.02. The van der Waals surface area contributed by atoms with Crippen LogP contribution in [0.3, 0.4) is 0 Å². The zero-order chi connectivity index (χ0) is 17.3. The van der Waals surface area contributed by atoms with Crippen molar-refractivity contribution in [2.75, 3.05) is 6.54 Å². The Kier molecular flexibility index (Phi) is 13.5. The minimum Gasteiger partial charge on any atom is -0.313 e. The fourth-order valence-electron chi connectivity index (χ4n) is 3.06. The molecule has 0 aromatic heterocycles. The SMILES string of the molecule is C=CCCCCCCCCc1ccc(CNCCCCCC)cc1. The van der Waals surface area contributed by atoms with Gasteiger partial charge in [-0.1, -0.05) is 82.2 Å². The highest BCUT2D eigenvalue weighted by molar-refractivity contribution is 5.22. The van der Waals surface area contributed by atoms with Crippen molar-refractivity contribution in [2.24, 2.45) is 0 Å². The minimum absolute atomic E-state index is 1.01. The Morgan fingerprint density at radius 1 is 0.792 bits per heavy atom. The number of hydrogen-bond acceptors (Lipinski definition) is 1. The molecule has 0 saturated heterocycles. The Bertz CT molecular complexity index is 393. The monoisotopic (exact) mass is 329 g/mol. The van der Waals surface area contributed by atoms with E-state index in [2.05, 4.69) is 43.1 Å². The average molecular weight is 330 g/mol. The normalized spacial score (nSPS) is 10.9. The van der Waals surface area contributed by atoms with Gasteiger partial charge in [0.2, 0.25) is 0 Å². The van der Waals surface area contributed by atoms with Gasteiger partial charge in [0.15, 0.2) is 0 Å². The second-order valence-electron chi connectivity index (χ2n) is 7.00. The summed E-state index contributed by atoms with van der Waals surface area (Å²) in [6, 6.07) is 9.23. The fraction of sp³-hybridized carbons (Fsp3) is 0.652. The van der Waals surface area contributed by atoms with E-state index in [1.54, 1.807) is 0 Å². The highest BCUT2D eigenvalue weighted by Gasteiger charge is 1.97. The number of unbranched alkanes of at least 4 members (excludes halogenated alkanes) is 9. The molecule has 1 N–H and O–H groups in total. The molecule has 0 bridgehead atoms. The second-order valence-corrected chi connectivity index (χ2v) is 7.00. The van der Waals surface area contributed by atoms with Gasteiger partial charge in [-0.2, -0.15) is 0 Å². The van der Waals surface area contributed by atoms with Crippen LogP contribution in [-0.4, -0.2) is 6.54 Å². The van der Waals surface area contributed by atoms with E-state index in [0.717, 1.165) is 13.1 Å². The maximum Gasteiger partial charge on any atom is 0.0205 e. The van der Waals surface area contributed by atoms with Gasteiger partial charge < -0.3 is 5.32 Å². The highest BCUT2D eigenvalue weighted by Crippen LogP contribution is 2.12. The van der Waals surface area contributed by atoms with Crippen LogP contribution in [-0.2, 0) is 13.0 Å². The van der Waals surface area contributed by atoms with Gasteiger partial charge in [0, 0.05) is 6.54 Å². The summed E-state index contributed by atoms with van der Waals surface area (Å²) in [7, 11) is 0. The molecule has 0 spiro atoms. The molecule has 0 atom stereocenters. The topological polar surface area (TPSA) is 12.0 Å². The van der Waals surface area contributed by atoms with Crippen LogP contribution in [0, 0.1) is 0 Å². The smallest absolute Gasteiger partial charge is 0.0205 e. The molecule has 136 valence electrons. The third-order valence-electron chi connectivity index (χ3n) is 4.68. The average Bonchev–Trinajstić information content (AvgIpc) is 2.61. The molecule has 0 aliphatic heterocycles. The number of aryl methyl sites for hydroxylation is 1. The second kappa shape index (κ2) is 15.4. The Morgan fingerprint density at radius 2 is 1.42 bits per heavy atom.